The molecule has 1 aromatic heterocycles. The average Bonchev–Trinajstić information content (AvgIpc) is 0.801. The Balaban J connectivity index is 0.949. The molecule has 2 aliphatic heterocycles. The number of nitrogens with zero attached hydrogens (tertiary/aromatic N) is 3. The second kappa shape index (κ2) is 20.0. The van der Waals surface area contributed by atoms with E-state index in [1.165, 1.54) is 142 Å². The Kier molecular flexibility index (Phi) is 11.4. The van der Waals surface area contributed by atoms with Gasteiger partial charge in [-0.2, -0.15) is 0 Å². The van der Waals surface area contributed by atoms with Gasteiger partial charge in [-0.05, 0) is 175 Å². The van der Waals surface area contributed by atoms with Gasteiger partial charge < -0.3 is 14.4 Å². The second-order valence-electron chi connectivity index (χ2n) is 26.3. The minimum Gasteiger partial charge on any atom is -0.311 e. The number of hydrogen-bond donors (Lipinski definition) is 0. The van der Waals surface area contributed by atoms with Crippen LogP contribution in [-0.4, -0.2) is 11.3 Å². The molecule has 0 bridgehead atoms. The van der Waals surface area contributed by atoms with Gasteiger partial charge in [0.15, 0.2) is 0 Å². The minimum atomic E-state index is -0.251. The Morgan fingerprint density at radius 2 is 0.685 bits per heavy atom. The van der Waals surface area contributed by atoms with Gasteiger partial charge >= 0.3 is 0 Å². The van der Waals surface area contributed by atoms with Crippen molar-refractivity contribution in [2.75, 3.05) is 9.80 Å². The highest BCUT2D eigenvalue weighted by molar-refractivity contribution is 7.00. The summed E-state index contributed by atoms with van der Waals surface area (Å²) in [5.41, 5.74) is 22.3. The maximum absolute atomic E-state index is 2.67. The summed E-state index contributed by atoms with van der Waals surface area (Å²) in [5.74, 6) is 0. The standard InChI is InChI=1S/C88H60BN3/c1-88(2,3)59-51-84-86-85(52-59)92(87-62(55-23-6-4-7-24-55)37-22-38-63(87)56-25-8-5-9-26-56)82-48-42-58(57-41-45-72-68-31-12-10-27-64(68)66-29-14-16-33-70(66)76(72)49-57)50-79(82)89(86)78-47-44-61(90-80-39-20-18-35-74(80)75-36-19-21-40-81(75)90)54-83(78)91(84)60-43-46-73-69-32-13-11-28-65(69)67-30-15-17-34-71(67)77(73)53-60/h4-54H,1-3H3. The summed E-state index contributed by atoms with van der Waals surface area (Å²) in [5, 5.41) is 17.6. The van der Waals surface area contributed by atoms with Crippen molar-refractivity contribution in [3.8, 4) is 39.1 Å². The van der Waals surface area contributed by atoms with Gasteiger partial charge in [-0.1, -0.05) is 269 Å². The van der Waals surface area contributed by atoms with E-state index in [4.69, 9.17) is 0 Å². The van der Waals surface area contributed by atoms with E-state index in [1.54, 1.807) is 0 Å². The van der Waals surface area contributed by atoms with Crippen LogP contribution in [0.1, 0.15) is 26.3 Å². The lowest BCUT2D eigenvalue weighted by atomic mass is 9.33. The molecule has 0 atom stereocenters. The summed E-state index contributed by atoms with van der Waals surface area (Å²) >= 11 is 0. The van der Waals surface area contributed by atoms with Crippen molar-refractivity contribution in [2.24, 2.45) is 0 Å². The first kappa shape index (κ1) is 52.5. The molecule has 0 N–H and O–H groups in total. The molecule has 0 aliphatic carbocycles. The molecule has 0 saturated carbocycles. The van der Waals surface area contributed by atoms with Gasteiger partial charge in [0.1, 0.15) is 0 Å². The van der Waals surface area contributed by atoms with Crippen molar-refractivity contribution in [1.29, 1.82) is 0 Å². The molecule has 19 rings (SSSR count). The fourth-order valence-electron chi connectivity index (χ4n) is 16.1. The summed E-state index contributed by atoms with van der Waals surface area (Å²) in [6.45, 7) is 6.95. The Morgan fingerprint density at radius 1 is 0.261 bits per heavy atom. The van der Waals surface area contributed by atoms with Crippen LogP contribution in [0.15, 0.2) is 309 Å². The molecule has 0 saturated heterocycles. The Hall–Kier alpha value is -11.5. The molecule has 2 aliphatic rings. The number of anilines is 6. The van der Waals surface area contributed by atoms with E-state index < -0.39 is 0 Å². The van der Waals surface area contributed by atoms with Crippen LogP contribution in [0.4, 0.5) is 34.1 Å². The van der Waals surface area contributed by atoms with Crippen molar-refractivity contribution in [2.45, 2.75) is 26.2 Å². The van der Waals surface area contributed by atoms with Crippen molar-refractivity contribution >= 4 is 144 Å². The fourth-order valence-corrected chi connectivity index (χ4v) is 16.1. The summed E-state index contributed by atoms with van der Waals surface area (Å²) in [6.07, 6.45) is 0. The number of para-hydroxylation sites is 3. The molecule has 0 amide bonds. The number of fused-ring (bicyclic) bond motifs is 19. The molecule has 4 heteroatoms. The molecule has 92 heavy (non-hydrogen) atoms. The first-order chi connectivity index (χ1) is 45.3. The average molecular weight is 1170 g/mol. The second-order valence-corrected chi connectivity index (χ2v) is 26.3. The third-order valence-electron chi connectivity index (χ3n) is 20.2. The molecule has 17 aromatic rings. The molecule has 0 fully saturated rings. The molecule has 3 nitrogen and oxygen atoms in total. The van der Waals surface area contributed by atoms with Gasteiger partial charge in [-0.15, -0.1) is 0 Å². The van der Waals surface area contributed by atoms with E-state index in [0.29, 0.717) is 0 Å². The quantitative estimate of drug-likeness (QED) is 0.121. The van der Waals surface area contributed by atoms with Crippen LogP contribution in [0.3, 0.4) is 0 Å². The van der Waals surface area contributed by atoms with Crippen LogP contribution < -0.4 is 26.2 Å². The number of hydrogen-bond acceptors (Lipinski definition) is 2. The van der Waals surface area contributed by atoms with Crippen molar-refractivity contribution < 1.29 is 0 Å². The van der Waals surface area contributed by atoms with E-state index >= 15 is 0 Å². The zero-order valence-electron chi connectivity index (χ0n) is 51.4. The molecule has 0 spiro atoms. The van der Waals surface area contributed by atoms with Gasteiger partial charge in [0, 0.05) is 56.0 Å². The number of aromatic nitrogens is 1. The lowest BCUT2D eigenvalue weighted by Crippen LogP contribution is -2.61. The van der Waals surface area contributed by atoms with Crippen LogP contribution in [0.5, 0.6) is 0 Å². The van der Waals surface area contributed by atoms with Crippen molar-refractivity contribution in [1.82, 2.24) is 4.57 Å². The van der Waals surface area contributed by atoms with Crippen molar-refractivity contribution in [3.63, 3.8) is 0 Å². The molecular formula is C88H60BN3. The van der Waals surface area contributed by atoms with Gasteiger partial charge in [0.2, 0.25) is 0 Å². The summed E-state index contributed by atoms with van der Waals surface area (Å²) in [4.78, 5) is 5.32. The smallest absolute Gasteiger partial charge is 0.252 e. The lowest BCUT2D eigenvalue weighted by Gasteiger charge is -2.46. The van der Waals surface area contributed by atoms with Crippen molar-refractivity contribution in [3.05, 3.63) is 315 Å². The SMILES string of the molecule is CC(C)(C)c1cc2c3c(c1)N(c1c(-c4ccccc4)cccc1-c1ccccc1)c1ccc(-c4ccc5c6ccccc6c6ccccc6c5c4)cc1B3c1ccc(-n3c4ccccc4c4ccccc43)cc1N2c1ccc2c3ccccc3c3ccccc3c2c1. The highest BCUT2D eigenvalue weighted by Gasteiger charge is 2.45. The monoisotopic (exact) mass is 1170 g/mol. The van der Waals surface area contributed by atoms with E-state index in [2.05, 4.69) is 345 Å². The maximum atomic E-state index is 2.67. The van der Waals surface area contributed by atoms with Crippen LogP contribution in [-0.2, 0) is 5.41 Å². The predicted octanol–water partition coefficient (Wildman–Crippen LogP) is 22.1. The van der Waals surface area contributed by atoms with Crippen LogP contribution >= 0.6 is 0 Å². The molecule has 16 aromatic carbocycles. The topological polar surface area (TPSA) is 11.4 Å². The number of benzene rings is 16. The zero-order chi connectivity index (χ0) is 60.9. The fraction of sp³-hybridized carbons (Fsp3) is 0.0455. The highest BCUT2D eigenvalue weighted by atomic mass is 15.2. The van der Waals surface area contributed by atoms with Gasteiger partial charge in [0.25, 0.3) is 6.71 Å². The third kappa shape index (κ3) is 7.77. The lowest BCUT2D eigenvalue weighted by molar-refractivity contribution is 0.590. The van der Waals surface area contributed by atoms with E-state index in [9.17, 15) is 0 Å². The summed E-state index contributed by atoms with van der Waals surface area (Å²) in [6, 6.07) is 117. The Labute approximate surface area is 535 Å². The first-order valence-corrected chi connectivity index (χ1v) is 32.3. The summed E-state index contributed by atoms with van der Waals surface area (Å²) in [7, 11) is 0. The summed E-state index contributed by atoms with van der Waals surface area (Å²) < 4.78 is 2.49. The Morgan fingerprint density at radius 3 is 1.22 bits per heavy atom. The van der Waals surface area contributed by atoms with Crippen LogP contribution in [0.25, 0.3) is 126 Å². The minimum absolute atomic E-state index is 0.182. The van der Waals surface area contributed by atoms with Gasteiger partial charge in [-0.3, -0.25) is 0 Å². The first-order valence-electron chi connectivity index (χ1n) is 32.3. The van der Waals surface area contributed by atoms with Gasteiger partial charge in [-0.25, -0.2) is 0 Å². The molecule has 0 radical (unpaired) electrons. The van der Waals surface area contributed by atoms with E-state index in [1.807, 2.05) is 0 Å². The molecule has 430 valence electrons. The van der Waals surface area contributed by atoms with Gasteiger partial charge in [0.05, 0.1) is 16.7 Å². The Bertz CT molecular complexity index is 5770. The van der Waals surface area contributed by atoms with Crippen LogP contribution in [0, 0.1) is 0 Å². The largest absolute Gasteiger partial charge is 0.311 e. The molecular weight excluding hydrogens is 1110 g/mol. The van der Waals surface area contributed by atoms with Crippen LogP contribution in [0.2, 0.25) is 0 Å². The highest BCUT2D eigenvalue weighted by Crippen LogP contribution is 2.53. The normalized spacial score (nSPS) is 12.9. The maximum Gasteiger partial charge on any atom is 0.252 e. The predicted molar refractivity (Wildman–Crippen MR) is 395 cm³/mol. The van der Waals surface area contributed by atoms with E-state index in [-0.39, 0.29) is 12.1 Å². The number of rotatable bonds is 6. The third-order valence-corrected chi connectivity index (χ3v) is 20.2. The zero-order valence-corrected chi connectivity index (χ0v) is 51.4. The molecule has 3 heterocycles. The molecule has 0 unspecified atom stereocenters. The van der Waals surface area contributed by atoms with E-state index in [0.717, 1.165) is 39.6 Å².